The van der Waals surface area contributed by atoms with E-state index in [0.29, 0.717) is 36.1 Å². The van der Waals surface area contributed by atoms with Crippen molar-refractivity contribution in [3.05, 3.63) is 70.0 Å². The van der Waals surface area contributed by atoms with Crippen LogP contribution in [0.4, 0.5) is 30.7 Å². The standard InChI is InChI=1S/C26H27F7N2O3S/c1-15-9-19(27)3-6-21(15)23-14-35(39(37,38)20-4-5-20)8-7-22(23)24(36)34(2)13-16-10-17(25(28,29)30)12-18(11-16)26(31,32)33/h3,6,9-12,20,22-23H,4-5,7-8,13-14H2,1-2H3. The van der Waals surface area contributed by atoms with Gasteiger partial charge in [0.25, 0.3) is 0 Å². The zero-order valence-electron chi connectivity index (χ0n) is 21.1. The number of piperidine rings is 1. The Kier molecular flexibility index (Phi) is 7.80. The van der Waals surface area contributed by atoms with E-state index in [-0.39, 0.29) is 31.1 Å². The molecule has 214 valence electrons. The molecule has 13 heteroatoms. The molecule has 0 radical (unpaired) electrons. The molecule has 2 aromatic carbocycles. The first-order valence-corrected chi connectivity index (χ1v) is 13.8. The molecule has 0 N–H and O–H groups in total. The Labute approximate surface area is 221 Å². The Morgan fingerprint density at radius 3 is 2.08 bits per heavy atom. The van der Waals surface area contributed by atoms with E-state index in [0.717, 1.165) is 4.90 Å². The molecular weight excluding hydrogens is 553 g/mol. The molecule has 1 saturated heterocycles. The maximum Gasteiger partial charge on any atom is 0.416 e. The zero-order chi connectivity index (χ0) is 28.9. The van der Waals surface area contributed by atoms with Gasteiger partial charge in [-0.1, -0.05) is 6.07 Å². The average molecular weight is 581 g/mol. The summed E-state index contributed by atoms with van der Waals surface area (Å²) in [5.74, 6) is -2.58. The monoisotopic (exact) mass is 580 g/mol. The molecule has 4 rings (SSSR count). The van der Waals surface area contributed by atoms with Crippen molar-refractivity contribution < 1.29 is 43.9 Å². The Morgan fingerprint density at radius 1 is 0.974 bits per heavy atom. The fourth-order valence-electron chi connectivity index (χ4n) is 5.14. The second-order valence-electron chi connectivity index (χ2n) is 10.2. The average Bonchev–Trinajstić information content (AvgIpc) is 3.68. The molecular formula is C26H27F7N2O3S. The van der Waals surface area contributed by atoms with Gasteiger partial charge in [0.2, 0.25) is 15.9 Å². The van der Waals surface area contributed by atoms with Gasteiger partial charge in [0.1, 0.15) is 5.82 Å². The van der Waals surface area contributed by atoms with Crippen LogP contribution in [0.15, 0.2) is 36.4 Å². The molecule has 2 atom stereocenters. The predicted octanol–water partition coefficient (Wildman–Crippen LogP) is 5.73. The van der Waals surface area contributed by atoms with Gasteiger partial charge in [-0.2, -0.15) is 26.3 Å². The molecule has 39 heavy (non-hydrogen) atoms. The highest BCUT2D eigenvalue weighted by atomic mass is 32.2. The van der Waals surface area contributed by atoms with Crippen molar-refractivity contribution in [3.63, 3.8) is 0 Å². The SMILES string of the molecule is Cc1cc(F)ccc1C1CN(S(=O)(=O)C2CC2)CCC1C(=O)N(C)Cc1cc(C(F)(F)F)cc(C(F)(F)F)c1. The highest BCUT2D eigenvalue weighted by molar-refractivity contribution is 7.90. The summed E-state index contributed by atoms with van der Waals surface area (Å²) in [4.78, 5) is 14.6. The van der Waals surface area contributed by atoms with Gasteiger partial charge in [0, 0.05) is 38.5 Å². The summed E-state index contributed by atoms with van der Waals surface area (Å²) in [6.45, 7) is 1.10. The zero-order valence-corrected chi connectivity index (χ0v) is 21.9. The minimum atomic E-state index is -5.02. The van der Waals surface area contributed by atoms with Crippen LogP contribution in [0.5, 0.6) is 0 Å². The van der Waals surface area contributed by atoms with E-state index in [1.165, 1.54) is 29.6 Å². The first-order chi connectivity index (χ1) is 18.0. The minimum Gasteiger partial charge on any atom is -0.341 e. The van der Waals surface area contributed by atoms with Crippen LogP contribution in [-0.2, 0) is 33.7 Å². The Balaban J connectivity index is 1.63. The molecule has 1 aliphatic heterocycles. The predicted molar refractivity (Wildman–Crippen MR) is 128 cm³/mol. The molecule has 0 aromatic heterocycles. The van der Waals surface area contributed by atoms with Crippen LogP contribution in [0.2, 0.25) is 0 Å². The fraction of sp³-hybridized carbons (Fsp3) is 0.500. The lowest BCUT2D eigenvalue weighted by Crippen LogP contribution is -2.48. The summed E-state index contributed by atoms with van der Waals surface area (Å²) < 4.78 is 121. The van der Waals surface area contributed by atoms with E-state index in [9.17, 15) is 43.9 Å². The van der Waals surface area contributed by atoms with Crippen molar-refractivity contribution >= 4 is 15.9 Å². The van der Waals surface area contributed by atoms with Crippen LogP contribution in [0.1, 0.15) is 53.0 Å². The van der Waals surface area contributed by atoms with Crippen molar-refractivity contribution in [3.8, 4) is 0 Å². The third-order valence-electron chi connectivity index (χ3n) is 7.27. The molecule has 1 amide bonds. The van der Waals surface area contributed by atoms with E-state index in [4.69, 9.17) is 0 Å². The lowest BCUT2D eigenvalue weighted by atomic mass is 9.79. The Bertz CT molecular complexity index is 1320. The van der Waals surface area contributed by atoms with Crippen molar-refractivity contribution in [1.29, 1.82) is 0 Å². The topological polar surface area (TPSA) is 57.7 Å². The van der Waals surface area contributed by atoms with E-state index in [1.54, 1.807) is 6.92 Å². The van der Waals surface area contributed by atoms with Gasteiger partial charge < -0.3 is 4.90 Å². The van der Waals surface area contributed by atoms with Gasteiger partial charge in [-0.15, -0.1) is 0 Å². The van der Waals surface area contributed by atoms with E-state index in [1.807, 2.05) is 0 Å². The normalized spacial score (nSPS) is 21.2. The van der Waals surface area contributed by atoms with Crippen LogP contribution in [-0.4, -0.2) is 48.9 Å². The molecule has 1 aliphatic carbocycles. The molecule has 1 heterocycles. The van der Waals surface area contributed by atoms with Crippen molar-refractivity contribution in [2.24, 2.45) is 5.92 Å². The van der Waals surface area contributed by atoms with Gasteiger partial charge in [0.15, 0.2) is 0 Å². The summed E-state index contributed by atoms with van der Waals surface area (Å²) in [7, 11) is -2.31. The molecule has 2 aromatic rings. The van der Waals surface area contributed by atoms with Gasteiger partial charge in [-0.05, 0) is 73.2 Å². The fourth-order valence-corrected chi connectivity index (χ4v) is 7.02. The van der Waals surface area contributed by atoms with E-state index in [2.05, 4.69) is 0 Å². The van der Waals surface area contributed by atoms with Crippen molar-refractivity contribution in [2.75, 3.05) is 20.1 Å². The first-order valence-electron chi connectivity index (χ1n) is 12.3. The van der Waals surface area contributed by atoms with Crippen molar-refractivity contribution in [2.45, 2.75) is 56.3 Å². The summed E-state index contributed by atoms with van der Waals surface area (Å²) in [6.07, 6.45) is -8.87. The smallest absolute Gasteiger partial charge is 0.341 e. The molecule has 0 bridgehead atoms. The summed E-state index contributed by atoms with van der Waals surface area (Å²) in [5.41, 5.74) is -2.26. The van der Waals surface area contributed by atoms with Gasteiger partial charge in [-0.25, -0.2) is 17.1 Å². The third-order valence-corrected chi connectivity index (χ3v) is 9.64. The molecule has 0 spiro atoms. The maximum atomic E-state index is 13.8. The van der Waals surface area contributed by atoms with Crippen LogP contribution in [0.3, 0.4) is 0 Å². The van der Waals surface area contributed by atoms with Gasteiger partial charge >= 0.3 is 12.4 Å². The van der Waals surface area contributed by atoms with E-state index >= 15 is 0 Å². The lowest BCUT2D eigenvalue weighted by Gasteiger charge is -2.39. The first kappa shape index (κ1) is 29.3. The van der Waals surface area contributed by atoms with Crippen LogP contribution >= 0.6 is 0 Å². The number of alkyl halides is 6. The van der Waals surface area contributed by atoms with Crippen LogP contribution in [0, 0.1) is 18.7 Å². The highest BCUT2D eigenvalue weighted by Crippen LogP contribution is 2.41. The number of carbonyl (C=O) groups is 1. The van der Waals surface area contributed by atoms with E-state index < -0.39 is 68.9 Å². The quantitative estimate of drug-likeness (QED) is 0.411. The highest BCUT2D eigenvalue weighted by Gasteiger charge is 2.46. The van der Waals surface area contributed by atoms with Crippen LogP contribution < -0.4 is 0 Å². The summed E-state index contributed by atoms with van der Waals surface area (Å²) >= 11 is 0. The second kappa shape index (κ2) is 10.4. The molecule has 2 unspecified atom stereocenters. The third kappa shape index (κ3) is 6.40. The number of amides is 1. The number of hydrogen-bond acceptors (Lipinski definition) is 3. The molecule has 2 fully saturated rings. The second-order valence-corrected chi connectivity index (χ2v) is 12.4. The molecule has 2 aliphatic rings. The number of hydrogen-bond donors (Lipinski definition) is 0. The van der Waals surface area contributed by atoms with Gasteiger partial charge in [-0.3, -0.25) is 4.79 Å². The number of carbonyl (C=O) groups excluding carboxylic acids is 1. The summed E-state index contributed by atoms with van der Waals surface area (Å²) in [6, 6.07) is 5.11. The lowest BCUT2D eigenvalue weighted by molar-refractivity contribution is -0.143. The number of rotatable bonds is 6. The number of sulfonamides is 1. The number of benzene rings is 2. The van der Waals surface area contributed by atoms with Crippen molar-refractivity contribution in [1.82, 2.24) is 9.21 Å². The van der Waals surface area contributed by atoms with Crippen LogP contribution in [0.25, 0.3) is 0 Å². The summed E-state index contributed by atoms with van der Waals surface area (Å²) in [5, 5.41) is -0.480. The number of nitrogens with zero attached hydrogens (tertiary/aromatic N) is 2. The Morgan fingerprint density at radius 2 is 1.56 bits per heavy atom. The Hall–Kier alpha value is -2.67. The molecule has 1 saturated carbocycles. The number of halogens is 7. The molecule has 5 nitrogen and oxygen atoms in total. The maximum absolute atomic E-state index is 13.8. The minimum absolute atomic E-state index is 0.0225. The number of aryl methyl sites for hydroxylation is 1. The largest absolute Gasteiger partial charge is 0.416 e. The van der Waals surface area contributed by atoms with Gasteiger partial charge in [0.05, 0.1) is 16.4 Å².